The molecule has 0 spiro atoms. The van der Waals surface area contributed by atoms with Crippen LogP contribution in [-0.4, -0.2) is 20.9 Å². The van der Waals surface area contributed by atoms with E-state index in [-0.39, 0.29) is 0 Å². The first-order valence-corrected chi connectivity index (χ1v) is 6.38. The Hall–Kier alpha value is 0.350. The van der Waals surface area contributed by atoms with E-state index in [1.807, 2.05) is 0 Å². The summed E-state index contributed by atoms with van der Waals surface area (Å²) in [5.41, 5.74) is 0. The number of primary sulfonamides is 1. The van der Waals surface area contributed by atoms with Crippen molar-refractivity contribution < 1.29 is 8.42 Å². The molecule has 0 radical (unpaired) electrons. The highest BCUT2D eigenvalue weighted by molar-refractivity contribution is 8.22. The second-order valence-electron chi connectivity index (χ2n) is 1.43. The molecule has 0 bridgehead atoms. The van der Waals surface area contributed by atoms with E-state index in [1.165, 1.54) is 23.5 Å². The van der Waals surface area contributed by atoms with Crippen LogP contribution in [0.3, 0.4) is 0 Å². The van der Waals surface area contributed by atoms with Gasteiger partial charge in [0.05, 0.1) is 9.65 Å². The molecule has 0 aromatic rings. The predicted octanol–water partition coefficient (Wildman–Crippen LogP) is 0.800. The average molecular weight is 199 g/mol. The van der Waals surface area contributed by atoms with Crippen molar-refractivity contribution in [3.8, 4) is 0 Å². The Balaban J connectivity index is 4.42. The molecule has 0 aliphatic rings. The Morgan fingerprint density at radius 3 is 1.90 bits per heavy atom. The zero-order valence-corrected chi connectivity index (χ0v) is 8.15. The normalized spacial score (nSPS) is 11.1. The summed E-state index contributed by atoms with van der Waals surface area (Å²) in [5, 5.41) is 5.81. The lowest BCUT2D eigenvalue weighted by atomic mass is 11.2. The summed E-state index contributed by atoms with van der Waals surface area (Å²) in [6.07, 6.45) is 3.60. The van der Waals surface area contributed by atoms with E-state index in [4.69, 9.17) is 5.14 Å². The Morgan fingerprint density at radius 1 is 1.40 bits per heavy atom. The van der Waals surface area contributed by atoms with Crippen LogP contribution in [0.2, 0.25) is 0 Å². The van der Waals surface area contributed by atoms with Gasteiger partial charge in [-0.3, -0.25) is 0 Å². The molecule has 0 rings (SSSR count). The summed E-state index contributed by atoms with van der Waals surface area (Å²) in [7, 11) is -3.45. The summed E-state index contributed by atoms with van der Waals surface area (Å²) in [5.74, 6) is 0. The third kappa shape index (κ3) is 5.16. The summed E-state index contributed by atoms with van der Waals surface area (Å²) in [6.45, 7) is 0. The van der Waals surface area contributed by atoms with E-state index in [2.05, 4.69) is 0 Å². The molecule has 0 saturated heterocycles. The lowest BCUT2D eigenvalue weighted by Crippen LogP contribution is -2.07. The minimum absolute atomic E-state index is 0.697. The maximum absolute atomic E-state index is 10.4. The van der Waals surface area contributed by atoms with E-state index < -0.39 is 10.0 Å². The standard InChI is InChI=1S/C4H9NO2S3/c1-8-4(9-2)3-10(5,6)7/h3H,1-2H3,(H2,5,6,7). The van der Waals surface area contributed by atoms with Gasteiger partial charge in [0, 0.05) is 0 Å². The zero-order valence-electron chi connectivity index (χ0n) is 5.70. The van der Waals surface area contributed by atoms with Crippen LogP contribution >= 0.6 is 23.5 Å². The topological polar surface area (TPSA) is 60.2 Å². The van der Waals surface area contributed by atoms with Gasteiger partial charge in [-0.2, -0.15) is 0 Å². The molecule has 0 aliphatic heterocycles. The number of hydrogen-bond donors (Lipinski definition) is 1. The number of hydrogen-bond acceptors (Lipinski definition) is 4. The smallest absolute Gasteiger partial charge is 0.225 e. The van der Waals surface area contributed by atoms with Crippen LogP contribution in [0.15, 0.2) is 9.65 Å². The largest absolute Gasteiger partial charge is 0.232 e. The zero-order chi connectivity index (χ0) is 8.20. The molecular formula is C4H9NO2S3. The van der Waals surface area contributed by atoms with Crippen molar-refractivity contribution in [3.63, 3.8) is 0 Å². The minimum atomic E-state index is -3.45. The van der Waals surface area contributed by atoms with Crippen molar-refractivity contribution in [1.29, 1.82) is 0 Å². The SMILES string of the molecule is CSC(=CS(N)(=O)=O)SC. The van der Waals surface area contributed by atoms with Crippen molar-refractivity contribution >= 4 is 33.5 Å². The molecule has 0 aliphatic carbocycles. The number of thioether (sulfide) groups is 2. The average Bonchev–Trinajstić information content (AvgIpc) is 1.81. The molecule has 0 atom stereocenters. The van der Waals surface area contributed by atoms with Crippen LogP contribution in [0.4, 0.5) is 0 Å². The lowest BCUT2D eigenvalue weighted by Gasteiger charge is -1.95. The van der Waals surface area contributed by atoms with E-state index in [9.17, 15) is 8.42 Å². The van der Waals surface area contributed by atoms with Crippen LogP contribution in [0.25, 0.3) is 0 Å². The summed E-state index contributed by atoms with van der Waals surface area (Å²) in [6, 6.07) is 0. The Bertz CT molecular complexity index is 213. The van der Waals surface area contributed by atoms with Crippen molar-refractivity contribution in [3.05, 3.63) is 9.65 Å². The van der Waals surface area contributed by atoms with Crippen LogP contribution in [0.5, 0.6) is 0 Å². The second kappa shape index (κ2) is 4.27. The van der Waals surface area contributed by atoms with Gasteiger partial charge in [-0.25, -0.2) is 13.6 Å². The monoisotopic (exact) mass is 199 g/mol. The number of nitrogens with two attached hydrogens (primary N) is 1. The molecule has 10 heavy (non-hydrogen) atoms. The first-order chi connectivity index (χ1) is 4.49. The molecule has 0 fully saturated rings. The van der Waals surface area contributed by atoms with E-state index in [0.717, 1.165) is 5.41 Å². The fourth-order valence-corrected chi connectivity index (χ4v) is 2.82. The second-order valence-corrected chi connectivity index (χ2v) is 4.80. The quantitative estimate of drug-likeness (QED) is 0.730. The maximum Gasteiger partial charge on any atom is 0.232 e. The van der Waals surface area contributed by atoms with Crippen molar-refractivity contribution in [2.24, 2.45) is 5.14 Å². The van der Waals surface area contributed by atoms with Gasteiger partial charge in [-0.05, 0) is 12.5 Å². The highest BCUT2D eigenvalue weighted by Gasteiger charge is 1.99. The summed E-state index contributed by atoms with van der Waals surface area (Å²) < 4.78 is 21.6. The highest BCUT2D eigenvalue weighted by Crippen LogP contribution is 2.23. The fraction of sp³-hybridized carbons (Fsp3) is 0.500. The first kappa shape index (κ1) is 10.3. The van der Waals surface area contributed by atoms with Crippen LogP contribution in [-0.2, 0) is 10.0 Å². The molecule has 0 aromatic carbocycles. The number of rotatable bonds is 3. The molecule has 0 unspecified atom stereocenters. The van der Waals surface area contributed by atoms with Crippen molar-refractivity contribution in [2.45, 2.75) is 0 Å². The van der Waals surface area contributed by atoms with Gasteiger partial charge < -0.3 is 0 Å². The molecule has 3 nitrogen and oxygen atoms in total. The van der Waals surface area contributed by atoms with Crippen LogP contribution in [0.1, 0.15) is 0 Å². The third-order valence-corrected chi connectivity index (χ3v) is 3.57. The van der Waals surface area contributed by atoms with Crippen LogP contribution < -0.4 is 5.14 Å². The van der Waals surface area contributed by atoms with Gasteiger partial charge in [0.15, 0.2) is 0 Å². The van der Waals surface area contributed by atoms with Gasteiger partial charge in [0.2, 0.25) is 10.0 Å². The molecule has 0 amide bonds. The lowest BCUT2D eigenvalue weighted by molar-refractivity contribution is 0.606. The van der Waals surface area contributed by atoms with Gasteiger partial charge in [0.25, 0.3) is 0 Å². The van der Waals surface area contributed by atoms with E-state index in [1.54, 1.807) is 12.5 Å². The fourth-order valence-electron chi connectivity index (χ4n) is 0.314. The number of sulfonamides is 1. The molecule has 0 saturated carbocycles. The van der Waals surface area contributed by atoms with Crippen molar-refractivity contribution in [1.82, 2.24) is 0 Å². The molecule has 6 heteroatoms. The summed E-state index contributed by atoms with van der Waals surface area (Å²) >= 11 is 2.72. The van der Waals surface area contributed by atoms with Crippen molar-refractivity contribution in [2.75, 3.05) is 12.5 Å². The first-order valence-electron chi connectivity index (χ1n) is 2.32. The maximum atomic E-state index is 10.4. The third-order valence-electron chi connectivity index (χ3n) is 0.663. The Labute approximate surface area is 69.5 Å². The Kier molecular flexibility index (Phi) is 4.42. The molecular weight excluding hydrogens is 190 g/mol. The minimum Gasteiger partial charge on any atom is -0.225 e. The van der Waals surface area contributed by atoms with Gasteiger partial charge in [0.1, 0.15) is 0 Å². The molecule has 2 N–H and O–H groups in total. The molecule has 60 valence electrons. The summed E-state index contributed by atoms with van der Waals surface area (Å²) in [4.78, 5) is 0. The van der Waals surface area contributed by atoms with E-state index in [0.29, 0.717) is 4.24 Å². The van der Waals surface area contributed by atoms with Gasteiger partial charge in [-0.1, -0.05) is 0 Å². The van der Waals surface area contributed by atoms with Gasteiger partial charge in [-0.15, -0.1) is 23.5 Å². The molecule has 0 aromatic heterocycles. The highest BCUT2D eigenvalue weighted by atomic mass is 32.2. The predicted molar refractivity (Wildman–Crippen MR) is 48.2 cm³/mol. The van der Waals surface area contributed by atoms with Gasteiger partial charge >= 0.3 is 0 Å². The Morgan fingerprint density at radius 2 is 1.80 bits per heavy atom. The molecule has 0 heterocycles. The van der Waals surface area contributed by atoms with Crippen LogP contribution in [0, 0.1) is 0 Å². The van der Waals surface area contributed by atoms with E-state index >= 15 is 0 Å².